The molecule has 2 atom stereocenters. The zero-order valence-electron chi connectivity index (χ0n) is 27.6. The van der Waals surface area contributed by atoms with E-state index in [0.29, 0.717) is 30.9 Å². The van der Waals surface area contributed by atoms with Gasteiger partial charge in [0.05, 0.1) is 11.4 Å². The van der Waals surface area contributed by atoms with E-state index in [1.54, 1.807) is 22.6 Å². The Labute approximate surface area is 271 Å². The van der Waals surface area contributed by atoms with Crippen LogP contribution in [-0.2, 0) is 40.2 Å². The second-order valence-corrected chi connectivity index (χ2v) is 13.2. The normalized spacial score (nSPS) is 18.6. The van der Waals surface area contributed by atoms with Crippen LogP contribution in [0.15, 0.2) is 18.2 Å². The SMILES string of the molecule is CCC(=O)N[C@H](Cc1ccc(NC(=O)[C@@H](CC(=O)c2c3c(nn2CC)CCC3)C2CCCCC2)c(F)c1)C(=O)N1CCN(C)CC1. The molecule has 2 heterocycles. The van der Waals surface area contributed by atoms with Crippen molar-refractivity contribution in [3.63, 3.8) is 0 Å². The number of aryl methyl sites for hydroxylation is 2. The summed E-state index contributed by atoms with van der Waals surface area (Å²) in [5.74, 6) is -1.97. The van der Waals surface area contributed by atoms with Crippen LogP contribution in [0.5, 0.6) is 0 Å². The second-order valence-electron chi connectivity index (χ2n) is 13.2. The number of aromatic nitrogens is 2. The van der Waals surface area contributed by atoms with Gasteiger partial charge in [0.2, 0.25) is 17.7 Å². The highest BCUT2D eigenvalue weighted by molar-refractivity contribution is 6.01. The molecule has 3 aliphatic rings. The topological polar surface area (TPSA) is 117 Å². The molecule has 2 aromatic rings. The van der Waals surface area contributed by atoms with Crippen molar-refractivity contribution in [1.82, 2.24) is 24.9 Å². The number of amides is 3. The number of hydrogen-bond donors (Lipinski definition) is 2. The van der Waals surface area contributed by atoms with E-state index in [-0.39, 0.29) is 54.4 Å². The summed E-state index contributed by atoms with van der Waals surface area (Å²) < 4.78 is 17.3. The van der Waals surface area contributed by atoms with Gasteiger partial charge in [0, 0.05) is 63.5 Å². The summed E-state index contributed by atoms with van der Waals surface area (Å²) in [6.07, 6.45) is 8.00. The molecule has 1 aromatic carbocycles. The number of halogens is 1. The van der Waals surface area contributed by atoms with Gasteiger partial charge >= 0.3 is 0 Å². The van der Waals surface area contributed by atoms with Crippen LogP contribution in [-0.4, -0.2) is 82.4 Å². The predicted molar refractivity (Wildman–Crippen MR) is 174 cm³/mol. The molecular weight excluding hydrogens is 587 g/mol. The first-order valence-electron chi connectivity index (χ1n) is 17.2. The summed E-state index contributed by atoms with van der Waals surface area (Å²) in [5, 5.41) is 10.3. The summed E-state index contributed by atoms with van der Waals surface area (Å²) in [5.41, 5.74) is 3.24. The zero-order valence-corrected chi connectivity index (χ0v) is 27.6. The van der Waals surface area contributed by atoms with Gasteiger partial charge in [-0.1, -0.05) is 32.3 Å². The Kier molecular flexibility index (Phi) is 11.2. The Balaban J connectivity index is 1.30. The van der Waals surface area contributed by atoms with E-state index in [1.807, 2.05) is 14.0 Å². The summed E-state index contributed by atoms with van der Waals surface area (Å²) in [4.78, 5) is 57.1. The lowest BCUT2D eigenvalue weighted by atomic mass is 9.77. The highest BCUT2D eigenvalue weighted by Gasteiger charge is 2.35. The molecule has 0 spiro atoms. The molecule has 2 aliphatic carbocycles. The van der Waals surface area contributed by atoms with E-state index in [0.717, 1.165) is 75.7 Å². The Morgan fingerprint density at radius 3 is 2.41 bits per heavy atom. The average molecular weight is 637 g/mol. The predicted octanol–water partition coefficient (Wildman–Crippen LogP) is 4.15. The van der Waals surface area contributed by atoms with Crippen LogP contribution >= 0.6 is 0 Å². The van der Waals surface area contributed by atoms with Gasteiger partial charge in [-0.25, -0.2) is 4.39 Å². The fourth-order valence-corrected chi connectivity index (χ4v) is 7.28. The van der Waals surface area contributed by atoms with E-state index >= 15 is 4.39 Å². The second kappa shape index (κ2) is 15.3. The number of piperazine rings is 1. The highest BCUT2D eigenvalue weighted by atomic mass is 19.1. The van der Waals surface area contributed by atoms with Crippen molar-refractivity contribution >= 4 is 29.2 Å². The van der Waals surface area contributed by atoms with Crippen molar-refractivity contribution in [3.05, 3.63) is 46.5 Å². The minimum Gasteiger partial charge on any atom is -0.344 e. The van der Waals surface area contributed by atoms with Crippen molar-refractivity contribution < 1.29 is 23.6 Å². The van der Waals surface area contributed by atoms with Gasteiger partial charge in [0.25, 0.3) is 0 Å². The van der Waals surface area contributed by atoms with Crippen LogP contribution in [0, 0.1) is 17.7 Å². The third-order valence-electron chi connectivity index (χ3n) is 10.00. The van der Waals surface area contributed by atoms with Gasteiger partial charge in [-0.2, -0.15) is 5.10 Å². The Hall–Kier alpha value is -3.60. The number of likely N-dealkylation sites (N-methyl/N-ethyl adjacent to an activating group) is 1. The number of carbonyl (C=O) groups is 4. The van der Waals surface area contributed by atoms with Crippen LogP contribution in [0.1, 0.15) is 92.5 Å². The Bertz CT molecular complexity index is 1430. The molecule has 1 saturated heterocycles. The molecule has 2 N–H and O–H groups in total. The third kappa shape index (κ3) is 7.85. The monoisotopic (exact) mass is 636 g/mol. The first kappa shape index (κ1) is 33.8. The van der Waals surface area contributed by atoms with Crippen molar-refractivity contribution in [2.45, 2.75) is 97.1 Å². The molecule has 46 heavy (non-hydrogen) atoms. The van der Waals surface area contributed by atoms with E-state index in [9.17, 15) is 19.2 Å². The standard InChI is InChI=1S/C35H49FN6O4/c1-4-32(44)37-30(35(46)41-18-16-40(3)17-19-41)21-23-14-15-29(27(36)20-23)38-34(45)26(24-10-7-6-8-11-24)22-31(43)33-25-12-9-13-28(25)39-42(33)5-2/h14-15,20,24,26,30H,4-13,16-19,21-22H2,1-3H3,(H,37,44)(H,38,45)/t26-,30+/m0/s1. The van der Waals surface area contributed by atoms with Crippen LogP contribution in [0.2, 0.25) is 0 Å². The Morgan fingerprint density at radius 1 is 1.00 bits per heavy atom. The number of nitrogens with zero attached hydrogens (tertiary/aromatic N) is 4. The maximum atomic E-state index is 15.5. The lowest BCUT2D eigenvalue weighted by molar-refractivity contribution is -0.137. The number of Topliss-reactive ketones (excluding diaryl/α,β-unsaturated/α-hetero) is 1. The van der Waals surface area contributed by atoms with Crippen molar-refractivity contribution in [2.24, 2.45) is 11.8 Å². The molecule has 10 nitrogen and oxygen atoms in total. The fourth-order valence-electron chi connectivity index (χ4n) is 7.28. The van der Waals surface area contributed by atoms with Crippen LogP contribution in [0.3, 0.4) is 0 Å². The molecule has 250 valence electrons. The maximum Gasteiger partial charge on any atom is 0.245 e. The summed E-state index contributed by atoms with van der Waals surface area (Å²) in [6, 6.07) is 3.71. The van der Waals surface area contributed by atoms with E-state index in [4.69, 9.17) is 0 Å². The van der Waals surface area contributed by atoms with E-state index in [2.05, 4.69) is 20.6 Å². The van der Waals surface area contributed by atoms with E-state index in [1.165, 1.54) is 12.1 Å². The maximum absolute atomic E-state index is 15.5. The molecule has 0 radical (unpaired) electrons. The van der Waals surface area contributed by atoms with Crippen molar-refractivity contribution in [3.8, 4) is 0 Å². The first-order valence-corrected chi connectivity index (χ1v) is 17.2. The minimum atomic E-state index is -0.810. The van der Waals surface area contributed by atoms with E-state index < -0.39 is 17.8 Å². The van der Waals surface area contributed by atoms with Crippen LogP contribution in [0.4, 0.5) is 10.1 Å². The quantitative estimate of drug-likeness (QED) is 0.338. The number of ketones is 1. The lowest BCUT2D eigenvalue weighted by Gasteiger charge is -2.34. The molecular formula is C35H49FN6O4. The average Bonchev–Trinajstić information content (AvgIpc) is 3.66. The number of carbonyl (C=O) groups excluding carboxylic acids is 4. The smallest absolute Gasteiger partial charge is 0.245 e. The molecule has 5 rings (SSSR count). The van der Waals surface area contributed by atoms with Gasteiger partial charge in [-0.3, -0.25) is 23.9 Å². The van der Waals surface area contributed by atoms with Crippen LogP contribution < -0.4 is 10.6 Å². The minimum absolute atomic E-state index is 0.0426. The zero-order chi connectivity index (χ0) is 32.8. The lowest BCUT2D eigenvalue weighted by Crippen LogP contribution is -2.54. The molecule has 11 heteroatoms. The molecule has 1 saturated carbocycles. The van der Waals surface area contributed by atoms with Crippen molar-refractivity contribution in [2.75, 3.05) is 38.5 Å². The summed E-state index contributed by atoms with van der Waals surface area (Å²) >= 11 is 0. The number of benzene rings is 1. The molecule has 2 fully saturated rings. The number of rotatable bonds is 12. The number of hydrogen-bond acceptors (Lipinski definition) is 6. The largest absolute Gasteiger partial charge is 0.344 e. The molecule has 3 amide bonds. The first-order chi connectivity index (χ1) is 22.2. The molecule has 0 unspecified atom stereocenters. The Morgan fingerprint density at radius 2 is 1.74 bits per heavy atom. The van der Waals surface area contributed by atoms with Gasteiger partial charge in [0.1, 0.15) is 17.6 Å². The summed E-state index contributed by atoms with van der Waals surface area (Å²) in [6.45, 7) is 6.93. The molecule has 1 aliphatic heterocycles. The number of nitrogens with one attached hydrogen (secondary N) is 2. The van der Waals surface area contributed by atoms with Gasteiger partial charge in [0.15, 0.2) is 5.78 Å². The number of fused-ring (bicyclic) bond motifs is 1. The van der Waals surface area contributed by atoms with Gasteiger partial charge in [-0.05, 0) is 69.7 Å². The van der Waals surface area contributed by atoms with Gasteiger partial charge < -0.3 is 20.4 Å². The van der Waals surface area contributed by atoms with Crippen LogP contribution in [0.25, 0.3) is 0 Å². The molecule has 1 aromatic heterocycles. The van der Waals surface area contributed by atoms with Gasteiger partial charge in [-0.15, -0.1) is 0 Å². The number of anilines is 1. The molecule has 0 bridgehead atoms. The third-order valence-corrected chi connectivity index (χ3v) is 10.00. The van der Waals surface area contributed by atoms with Crippen molar-refractivity contribution in [1.29, 1.82) is 0 Å². The fraction of sp³-hybridized carbons (Fsp3) is 0.629. The summed E-state index contributed by atoms with van der Waals surface area (Å²) in [7, 11) is 2.00. The highest BCUT2D eigenvalue weighted by Crippen LogP contribution is 2.35.